The fraction of sp³-hybridized carbons (Fsp3) is 0.333. The van der Waals surface area contributed by atoms with Crippen LogP contribution < -0.4 is 5.32 Å². The van der Waals surface area contributed by atoms with Crippen molar-refractivity contribution < 1.29 is 4.79 Å². The van der Waals surface area contributed by atoms with E-state index in [9.17, 15) is 4.79 Å². The fourth-order valence-corrected chi connectivity index (χ4v) is 1.44. The minimum Gasteiger partial charge on any atom is -0.351 e. The van der Waals surface area contributed by atoms with Gasteiger partial charge in [0.1, 0.15) is 0 Å². The summed E-state index contributed by atoms with van der Waals surface area (Å²) in [4.78, 5) is 11.6. The molecule has 1 N–H and O–H groups in total. The summed E-state index contributed by atoms with van der Waals surface area (Å²) in [6, 6.07) is 7.69. The van der Waals surface area contributed by atoms with Crippen molar-refractivity contribution in [3.63, 3.8) is 0 Å². The molecular weight excluding hydrogens is 188 g/mol. The number of hydrogen-bond acceptors (Lipinski definition) is 2. The van der Waals surface area contributed by atoms with Gasteiger partial charge in [-0.2, -0.15) is 5.26 Å². The summed E-state index contributed by atoms with van der Waals surface area (Å²) in [5.74, 6) is -0.114. The van der Waals surface area contributed by atoms with E-state index in [1.54, 1.807) is 0 Å². The highest BCUT2D eigenvalue weighted by Crippen LogP contribution is 2.08. The largest absolute Gasteiger partial charge is 0.351 e. The third kappa shape index (κ3) is 3.43. The summed E-state index contributed by atoms with van der Waals surface area (Å²) in [7, 11) is 0. The number of nitrogens with one attached hydrogen (secondary N) is 1. The molecule has 0 aliphatic heterocycles. The molecule has 0 spiro atoms. The average molecular weight is 202 g/mol. The number of amides is 1. The van der Waals surface area contributed by atoms with Gasteiger partial charge < -0.3 is 5.32 Å². The van der Waals surface area contributed by atoms with Crippen molar-refractivity contribution in [3.8, 4) is 6.07 Å². The average Bonchev–Trinajstić information content (AvgIpc) is 2.16. The number of nitrogens with zero attached hydrogens (tertiary/aromatic N) is 1. The zero-order valence-electron chi connectivity index (χ0n) is 9.00. The van der Waals surface area contributed by atoms with Crippen LogP contribution in [0.5, 0.6) is 0 Å². The van der Waals surface area contributed by atoms with Crippen LogP contribution in [-0.2, 0) is 0 Å². The Labute approximate surface area is 89.7 Å². The maximum Gasteiger partial charge on any atom is 0.251 e. The minimum atomic E-state index is -0.114. The highest BCUT2D eigenvalue weighted by atomic mass is 16.1. The fourth-order valence-electron chi connectivity index (χ4n) is 1.44. The van der Waals surface area contributed by atoms with Crippen molar-refractivity contribution in [2.24, 2.45) is 0 Å². The molecule has 1 rings (SSSR count). The number of carbonyl (C=O) groups is 1. The molecule has 0 bridgehead atoms. The standard InChI is InChI=1S/C12H14N2O/c1-9-6-10(2)8-11(7-9)12(15)14-5-3-4-13/h6-8H,3,5H2,1-2H3,(H,14,15). The lowest BCUT2D eigenvalue weighted by Gasteiger charge is -2.05. The van der Waals surface area contributed by atoms with Crippen molar-refractivity contribution in [1.82, 2.24) is 5.32 Å². The smallest absolute Gasteiger partial charge is 0.251 e. The van der Waals surface area contributed by atoms with Crippen LogP contribution in [0, 0.1) is 25.2 Å². The SMILES string of the molecule is Cc1cc(C)cc(C(=O)NCCC#N)c1. The Kier molecular flexibility index (Phi) is 3.87. The zero-order chi connectivity index (χ0) is 11.3. The molecule has 3 nitrogen and oxygen atoms in total. The van der Waals surface area contributed by atoms with Crippen LogP contribution in [0.4, 0.5) is 0 Å². The Bertz CT molecular complexity index is 384. The maximum atomic E-state index is 11.6. The first-order valence-electron chi connectivity index (χ1n) is 4.87. The molecule has 0 saturated heterocycles. The zero-order valence-corrected chi connectivity index (χ0v) is 9.00. The molecule has 78 valence electrons. The van der Waals surface area contributed by atoms with Gasteiger partial charge in [0.2, 0.25) is 0 Å². The van der Waals surface area contributed by atoms with E-state index in [1.807, 2.05) is 38.1 Å². The molecule has 0 unspecified atom stereocenters. The summed E-state index contributed by atoms with van der Waals surface area (Å²) < 4.78 is 0. The molecule has 1 aromatic rings. The molecule has 1 amide bonds. The second-order valence-electron chi connectivity index (χ2n) is 3.54. The normalized spacial score (nSPS) is 9.40. The highest BCUT2D eigenvalue weighted by molar-refractivity contribution is 5.94. The van der Waals surface area contributed by atoms with Gasteiger partial charge >= 0.3 is 0 Å². The number of carbonyl (C=O) groups excluding carboxylic acids is 1. The number of aryl methyl sites for hydroxylation is 2. The van der Waals surface area contributed by atoms with E-state index >= 15 is 0 Å². The van der Waals surface area contributed by atoms with Crippen LogP contribution in [-0.4, -0.2) is 12.5 Å². The molecule has 0 heterocycles. The van der Waals surface area contributed by atoms with Gasteiger partial charge in [-0.3, -0.25) is 4.79 Å². The minimum absolute atomic E-state index is 0.114. The third-order valence-electron chi connectivity index (χ3n) is 2.01. The van der Waals surface area contributed by atoms with Gasteiger partial charge in [0, 0.05) is 12.1 Å². The van der Waals surface area contributed by atoms with Crippen LogP contribution >= 0.6 is 0 Å². The molecule has 0 radical (unpaired) electrons. The summed E-state index contributed by atoms with van der Waals surface area (Å²) in [5.41, 5.74) is 2.80. The van der Waals surface area contributed by atoms with E-state index < -0.39 is 0 Å². The third-order valence-corrected chi connectivity index (χ3v) is 2.01. The van der Waals surface area contributed by atoms with Gasteiger partial charge in [0.15, 0.2) is 0 Å². The first-order valence-corrected chi connectivity index (χ1v) is 4.87. The number of hydrogen-bond donors (Lipinski definition) is 1. The van der Waals surface area contributed by atoms with E-state index in [0.717, 1.165) is 11.1 Å². The van der Waals surface area contributed by atoms with Gasteiger partial charge in [0.25, 0.3) is 5.91 Å². The topological polar surface area (TPSA) is 52.9 Å². The lowest BCUT2D eigenvalue weighted by Crippen LogP contribution is -2.24. The highest BCUT2D eigenvalue weighted by Gasteiger charge is 2.05. The van der Waals surface area contributed by atoms with Gasteiger partial charge in [-0.15, -0.1) is 0 Å². The van der Waals surface area contributed by atoms with E-state index in [2.05, 4.69) is 5.32 Å². The van der Waals surface area contributed by atoms with E-state index in [0.29, 0.717) is 18.5 Å². The second kappa shape index (κ2) is 5.16. The van der Waals surface area contributed by atoms with Gasteiger partial charge in [0.05, 0.1) is 12.5 Å². The van der Waals surface area contributed by atoms with Crippen molar-refractivity contribution in [1.29, 1.82) is 5.26 Å². The lowest BCUT2D eigenvalue weighted by atomic mass is 10.1. The van der Waals surface area contributed by atoms with E-state index in [1.165, 1.54) is 0 Å². The van der Waals surface area contributed by atoms with Gasteiger partial charge in [-0.1, -0.05) is 17.2 Å². The van der Waals surface area contributed by atoms with Crippen LogP contribution in [0.3, 0.4) is 0 Å². The molecule has 0 saturated carbocycles. The molecule has 0 atom stereocenters. The van der Waals surface area contributed by atoms with Crippen molar-refractivity contribution in [2.75, 3.05) is 6.54 Å². The molecule has 3 heteroatoms. The predicted octanol–water partition coefficient (Wildman–Crippen LogP) is 1.95. The number of nitriles is 1. The summed E-state index contributed by atoms with van der Waals surface area (Å²) in [6.45, 7) is 4.32. The predicted molar refractivity (Wildman–Crippen MR) is 58.5 cm³/mol. The van der Waals surface area contributed by atoms with E-state index in [-0.39, 0.29) is 5.91 Å². The van der Waals surface area contributed by atoms with Crippen LogP contribution in [0.2, 0.25) is 0 Å². The molecular formula is C12H14N2O. The van der Waals surface area contributed by atoms with Crippen molar-refractivity contribution in [3.05, 3.63) is 34.9 Å². The van der Waals surface area contributed by atoms with Gasteiger partial charge in [-0.25, -0.2) is 0 Å². The summed E-state index contributed by atoms with van der Waals surface area (Å²) >= 11 is 0. The Morgan fingerprint density at radius 3 is 2.47 bits per heavy atom. The van der Waals surface area contributed by atoms with Crippen LogP contribution in [0.1, 0.15) is 27.9 Å². The van der Waals surface area contributed by atoms with Crippen molar-refractivity contribution >= 4 is 5.91 Å². The second-order valence-corrected chi connectivity index (χ2v) is 3.54. The number of rotatable bonds is 3. The quantitative estimate of drug-likeness (QED) is 0.761. The number of benzene rings is 1. The molecule has 0 aliphatic rings. The summed E-state index contributed by atoms with van der Waals surface area (Å²) in [6.07, 6.45) is 0.344. The first-order chi connectivity index (χ1) is 7.13. The molecule has 0 aromatic heterocycles. The Morgan fingerprint density at radius 2 is 1.93 bits per heavy atom. The van der Waals surface area contributed by atoms with E-state index in [4.69, 9.17) is 5.26 Å². The molecule has 0 aliphatic carbocycles. The van der Waals surface area contributed by atoms with Gasteiger partial charge in [-0.05, 0) is 26.0 Å². The molecule has 15 heavy (non-hydrogen) atoms. The molecule has 1 aromatic carbocycles. The Balaban J connectivity index is 2.70. The first kappa shape index (κ1) is 11.3. The Hall–Kier alpha value is -1.82. The van der Waals surface area contributed by atoms with Crippen LogP contribution in [0.25, 0.3) is 0 Å². The molecule has 0 fully saturated rings. The maximum absolute atomic E-state index is 11.6. The van der Waals surface area contributed by atoms with Crippen LogP contribution in [0.15, 0.2) is 18.2 Å². The monoisotopic (exact) mass is 202 g/mol. The van der Waals surface area contributed by atoms with Crippen molar-refractivity contribution in [2.45, 2.75) is 20.3 Å². The lowest BCUT2D eigenvalue weighted by molar-refractivity contribution is 0.0954. The summed E-state index contributed by atoms with van der Waals surface area (Å²) in [5, 5.41) is 11.0. The Morgan fingerprint density at radius 1 is 1.33 bits per heavy atom.